The second-order valence-electron chi connectivity index (χ2n) is 7.76. The summed E-state index contributed by atoms with van der Waals surface area (Å²) in [6.45, 7) is 0.106. The van der Waals surface area contributed by atoms with Crippen LogP contribution in [0.1, 0.15) is 21.7 Å². The van der Waals surface area contributed by atoms with Crippen LogP contribution in [0.5, 0.6) is 0 Å². The number of amides is 1. The van der Waals surface area contributed by atoms with E-state index in [1.165, 1.54) is 0 Å². The number of hydrogen-bond donors (Lipinski definition) is 3. The molecule has 2 aromatic carbocycles. The number of pyridine rings is 1. The Kier molecular flexibility index (Phi) is 6.05. The van der Waals surface area contributed by atoms with Gasteiger partial charge in [-0.3, -0.25) is 9.78 Å². The molecule has 5 aromatic rings. The predicted octanol–water partition coefficient (Wildman–Crippen LogP) is 3.39. The molecule has 0 radical (unpaired) electrons. The van der Waals surface area contributed by atoms with Crippen molar-refractivity contribution >= 4 is 16.8 Å². The molecule has 1 amide bonds. The Balaban J connectivity index is 1.53. The van der Waals surface area contributed by atoms with Gasteiger partial charge in [0.1, 0.15) is 11.4 Å². The van der Waals surface area contributed by atoms with Crippen molar-refractivity contribution in [3.8, 4) is 22.5 Å². The summed E-state index contributed by atoms with van der Waals surface area (Å²) in [5.41, 5.74) is 5.64. The zero-order valence-electron chi connectivity index (χ0n) is 18.3. The minimum absolute atomic E-state index is 0.105. The van der Waals surface area contributed by atoms with Gasteiger partial charge in [0, 0.05) is 47.4 Å². The summed E-state index contributed by atoms with van der Waals surface area (Å²) >= 11 is 0. The smallest absolute Gasteiger partial charge is 0.251 e. The first-order valence-electron chi connectivity index (χ1n) is 10.9. The molecule has 0 saturated carbocycles. The summed E-state index contributed by atoms with van der Waals surface area (Å²) in [5.74, 6) is 0.358. The number of carbonyl (C=O) groups is 1. The Morgan fingerprint density at radius 2 is 1.74 bits per heavy atom. The molecule has 3 N–H and O–H groups in total. The molecule has 3 aromatic heterocycles. The van der Waals surface area contributed by atoms with Crippen molar-refractivity contribution in [2.45, 2.75) is 6.42 Å². The van der Waals surface area contributed by atoms with E-state index in [0.717, 1.165) is 27.6 Å². The summed E-state index contributed by atoms with van der Waals surface area (Å²) in [7, 11) is 0. The van der Waals surface area contributed by atoms with E-state index in [4.69, 9.17) is 10.1 Å². The fourth-order valence-corrected chi connectivity index (χ4v) is 3.83. The van der Waals surface area contributed by atoms with Crippen molar-refractivity contribution in [1.29, 1.82) is 0 Å². The van der Waals surface area contributed by atoms with Crippen LogP contribution >= 0.6 is 0 Å². The van der Waals surface area contributed by atoms with E-state index in [2.05, 4.69) is 25.5 Å². The Morgan fingerprint density at radius 1 is 0.941 bits per heavy atom. The SMILES string of the molecule is O=C(NCCO)c1ccc(-c2nc(Cc3c[nH]c4cnccc34)nnc2-c2ccccc2)cc1. The third-order valence-electron chi connectivity index (χ3n) is 5.51. The van der Waals surface area contributed by atoms with Crippen molar-refractivity contribution in [2.24, 2.45) is 0 Å². The summed E-state index contributed by atoms with van der Waals surface area (Å²) in [6.07, 6.45) is 6.02. The average Bonchev–Trinajstić information content (AvgIpc) is 3.30. The molecule has 5 rings (SSSR count). The van der Waals surface area contributed by atoms with Crippen LogP contribution in [-0.4, -0.2) is 49.3 Å². The molecule has 0 spiro atoms. The van der Waals surface area contributed by atoms with Crippen LogP contribution in [0.3, 0.4) is 0 Å². The quantitative estimate of drug-likeness (QED) is 0.350. The molecule has 168 valence electrons. The predicted molar refractivity (Wildman–Crippen MR) is 129 cm³/mol. The lowest BCUT2D eigenvalue weighted by Gasteiger charge is -2.10. The number of benzene rings is 2. The van der Waals surface area contributed by atoms with Crippen molar-refractivity contribution in [3.05, 3.63) is 96.2 Å². The molecule has 34 heavy (non-hydrogen) atoms. The molecule has 3 heterocycles. The van der Waals surface area contributed by atoms with Gasteiger partial charge < -0.3 is 15.4 Å². The second-order valence-corrected chi connectivity index (χ2v) is 7.76. The number of H-pyrrole nitrogens is 1. The van der Waals surface area contributed by atoms with E-state index < -0.39 is 0 Å². The fourth-order valence-electron chi connectivity index (χ4n) is 3.83. The third kappa shape index (κ3) is 4.39. The number of aliphatic hydroxyl groups is 1. The highest BCUT2D eigenvalue weighted by atomic mass is 16.3. The zero-order chi connectivity index (χ0) is 23.3. The monoisotopic (exact) mass is 450 g/mol. The summed E-state index contributed by atoms with van der Waals surface area (Å²) < 4.78 is 0. The highest BCUT2D eigenvalue weighted by Gasteiger charge is 2.16. The second kappa shape index (κ2) is 9.60. The lowest BCUT2D eigenvalue weighted by Crippen LogP contribution is -2.26. The lowest BCUT2D eigenvalue weighted by atomic mass is 10.0. The minimum atomic E-state index is -0.237. The molecule has 0 aliphatic rings. The zero-order valence-corrected chi connectivity index (χ0v) is 18.3. The van der Waals surface area contributed by atoms with Gasteiger partial charge in [-0.05, 0) is 23.8 Å². The van der Waals surface area contributed by atoms with Gasteiger partial charge in [-0.15, -0.1) is 10.2 Å². The molecule has 0 atom stereocenters. The minimum Gasteiger partial charge on any atom is -0.395 e. The highest BCUT2D eigenvalue weighted by molar-refractivity contribution is 5.94. The maximum atomic E-state index is 12.2. The van der Waals surface area contributed by atoms with Gasteiger partial charge in [-0.25, -0.2) is 4.98 Å². The number of nitrogens with zero attached hydrogens (tertiary/aromatic N) is 4. The van der Waals surface area contributed by atoms with Gasteiger partial charge >= 0.3 is 0 Å². The molecular weight excluding hydrogens is 428 g/mol. The van der Waals surface area contributed by atoms with E-state index in [9.17, 15) is 4.79 Å². The lowest BCUT2D eigenvalue weighted by molar-refractivity contribution is 0.0945. The van der Waals surface area contributed by atoms with Crippen LogP contribution in [0.25, 0.3) is 33.4 Å². The van der Waals surface area contributed by atoms with Gasteiger partial charge in [0.2, 0.25) is 0 Å². The van der Waals surface area contributed by atoms with Crippen LogP contribution in [0, 0.1) is 0 Å². The molecule has 8 heteroatoms. The van der Waals surface area contributed by atoms with Crippen LogP contribution in [-0.2, 0) is 6.42 Å². The normalized spacial score (nSPS) is 11.0. The Labute approximate surface area is 195 Å². The van der Waals surface area contributed by atoms with E-state index in [0.29, 0.717) is 29.2 Å². The largest absolute Gasteiger partial charge is 0.395 e. The topological polar surface area (TPSA) is 117 Å². The molecule has 0 fully saturated rings. The van der Waals surface area contributed by atoms with E-state index >= 15 is 0 Å². The van der Waals surface area contributed by atoms with Crippen molar-refractivity contribution < 1.29 is 9.90 Å². The van der Waals surface area contributed by atoms with Gasteiger partial charge in [0.15, 0.2) is 5.82 Å². The number of aromatic nitrogens is 5. The first kappa shape index (κ1) is 21.4. The van der Waals surface area contributed by atoms with Crippen molar-refractivity contribution in [1.82, 2.24) is 30.5 Å². The number of rotatable bonds is 7. The molecule has 0 saturated heterocycles. The summed E-state index contributed by atoms with van der Waals surface area (Å²) in [5, 5.41) is 21.6. The molecule has 0 aliphatic heterocycles. The van der Waals surface area contributed by atoms with E-state index in [1.54, 1.807) is 24.5 Å². The van der Waals surface area contributed by atoms with Gasteiger partial charge in [-0.2, -0.15) is 0 Å². The Morgan fingerprint density at radius 3 is 2.53 bits per heavy atom. The van der Waals surface area contributed by atoms with Crippen LogP contribution < -0.4 is 5.32 Å². The summed E-state index contributed by atoms with van der Waals surface area (Å²) in [4.78, 5) is 24.5. The van der Waals surface area contributed by atoms with Crippen LogP contribution in [0.2, 0.25) is 0 Å². The van der Waals surface area contributed by atoms with Crippen LogP contribution in [0.15, 0.2) is 79.3 Å². The number of aliphatic hydroxyl groups excluding tert-OH is 1. The average molecular weight is 451 g/mol. The number of fused-ring (bicyclic) bond motifs is 1. The first-order valence-corrected chi connectivity index (χ1v) is 10.9. The van der Waals surface area contributed by atoms with Crippen molar-refractivity contribution in [3.63, 3.8) is 0 Å². The molecular formula is C26H22N6O2. The standard InChI is InChI=1S/C26H22N6O2/c33-13-12-28-26(34)19-8-6-18(7-9-19)24-25(17-4-2-1-3-5-17)32-31-23(30-24)14-20-15-29-22-16-27-11-10-21(20)22/h1-11,15-16,29,33H,12-14H2,(H,28,34). The van der Waals surface area contributed by atoms with E-state index in [1.807, 2.05) is 54.7 Å². The van der Waals surface area contributed by atoms with E-state index in [-0.39, 0.29) is 19.1 Å². The van der Waals surface area contributed by atoms with Gasteiger partial charge in [0.05, 0.1) is 18.3 Å². The highest BCUT2D eigenvalue weighted by Crippen LogP contribution is 2.29. The number of hydrogen-bond acceptors (Lipinski definition) is 6. The molecule has 8 nitrogen and oxygen atoms in total. The first-order chi connectivity index (χ1) is 16.7. The van der Waals surface area contributed by atoms with Gasteiger partial charge in [-0.1, -0.05) is 42.5 Å². The summed E-state index contributed by atoms with van der Waals surface area (Å²) in [6, 6.07) is 18.9. The number of aromatic amines is 1. The van der Waals surface area contributed by atoms with Crippen molar-refractivity contribution in [2.75, 3.05) is 13.2 Å². The van der Waals surface area contributed by atoms with Crippen LogP contribution in [0.4, 0.5) is 0 Å². The molecule has 0 unspecified atom stereocenters. The third-order valence-corrected chi connectivity index (χ3v) is 5.51. The molecule has 0 bridgehead atoms. The number of carbonyl (C=O) groups excluding carboxylic acids is 1. The Hall–Kier alpha value is -4.43. The molecule has 0 aliphatic carbocycles. The Bertz CT molecular complexity index is 1430. The maximum Gasteiger partial charge on any atom is 0.251 e. The number of nitrogens with one attached hydrogen (secondary N) is 2. The fraction of sp³-hybridized carbons (Fsp3) is 0.115. The van der Waals surface area contributed by atoms with Gasteiger partial charge in [0.25, 0.3) is 5.91 Å². The maximum absolute atomic E-state index is 12.2.